The number of phenols is 2. The Morgan fingerprint density at radius 1 is 0.842 bits per heavy atom. The van der Waals surface area contributed by atoms with Gasteiger partial charge in [-0.15, -0.1) is 10.2 Å². The topological polar surface area (TPSA) is 92.3 Å². The summed E-state index contributed by atoms with van der Waals surface area (Å²) in [7, 11) is 0. The summed E-state index contributed by atoms with van der Waals surface area (Å²) in [6.45, 7) is 0. The van der Waals surface area contributed by atoms with Gasteiger partial charge in [0.25, 0.3) is 0 Å². The second kappa shape index (κ2) is 4.41. The smallest absolute Gasteiger partial charge is 0.249 e. The van der Waals surface area contributed by atoms with Crippen molar-refractivity contribution in [3.05, 3.63) is 43.1 Å². The van der Waals surface area contributed by atoms with Gasteiger partial charge in [-0.1, -0.05) is 0 Å². The molecule has 0 atom stereocenters. The molecule has 2 aromatic heterocycles. The van der Waals surface area contributed by atoms with Gasteiger partial charge >= 0.3 is 0 Å². The third-order valence-electron chi connectivity index (χ3n) is 2.58. The highest BCUT2D eigenvalue weighted by atomic mass is 16.4. The first-order valence-corrected chi connectivity index (χ1v) is 5.47. The Morgan fingerprint density at radius 3 is 2.26 bits per heavy atom. The minimum Gasteiger partial charge on any atom is -0.508 e. The van der Waals surface area contributed by atoms with Crippen molar-refractivity contribution in [1.82, 2.24) is 15.2 Å². The monoisotopic (exact) mass is 255 g/mol. The maximum absolute atomic E-state index is 9.49. The molecule has 0 aliphatic heterocycles. The molecule has 3 rings (SSSR count). The summed E-state index contributed by atoms with van der Waals surface area (Å²) in [5, 5.41) is 26.4. The van der Waals surface area contributed by atoms with E-state index in [0.717, 1.165) is 5.56 Å². The van der Waals surface area contributed by atoms with Crippen molar-refractivity contribution >= 4 is 0 Å². The number of phenolic OH excluding ortho intramolecular Hbond substituents is 2. The predicted octanol–water partition coefficient (Wildman–Crippen LogP) is 2.21. The van der Waals surface area contributed by atoms with E-state index in [9.17, 15) is 10.2 Å². The summed E-state index contributed by atoms with van der Waals surface area (Å²) in [6.07, 6.45) is 4.45. The van der Waals surface area contributed by atoms with Crippen molar-refractivity contribution in [2.75, 3.05) is 0 Å². The molecule has 0 saturated heterocycles. The lowest BCUT2D eigenvalue weighted by atomic mass is 10.1. The molecule has 19 heavy (non-hydrogen) atoms. The molecule has 2 N–H and O–H groups in total. The van der Waals surface area contributed by atoms with Crippen LogP contribution < -0.4 is 0 Å². The average molecular weight is 255 g/mol. The van der Waals surface area contributed by atoms with E-state index in [1.54, 1.807) is 18.5 Å². The molecule has 0 aliphatic rings. The maximum atomic E-state index is 9.49. The normalized spacial score (nSPS) is 10.5. The standard InChI is InChI=1S/C13H9N3O3/c17-11-2-8(3-12(18)4-11)9-1-10(6-14-5-9)13-16-15-7-19-13/h1-7,17-18H. The van der Waals surface area contributed by atoms with Crippen molar-refractivity contribution in [3.8, 4) is 34.1 Å². The fourth-order valence-electron chi connectivity index (χ4n) is 1.78. The van der Waals surface area contributed by atoms with Crippen molar-refractivity contribution in [2.45, 2.75) is 0 Å². The molecule has 0 unspecified atom stereocenters. The lowest BCUT2D eigenvalue weighted by Gasteiger charge is -2.04. The highest BCUT2D eigenvalue weighted by Gasteiger charge is 2.08. The van der Waals surface area contributed by atoms with Crippen LogP contribution in [0.4, 0.5) is 0 Å². The minimum atomic E-state index is -0.0156. The van der Waals surface area contributed by atoms with Crippen LogP contribution in [0.25, 0.3) is 22.6 Å². The zero-order chi connectivity index (χ0) is 13.2. The fraction of sp³-hybridized carbons (Fsp3) is 0. The van der Waals surface area contributed by atoms with Gasteiger partial charge in [-0.05, 0) is 23.8 Å². The van der Waals surface area contributed by atoms with E-state index >= 15 is 0 Å². The molecule has 6 heteroatoms. The molecule has 0 bridgehead atoms. The molecule has 3 aromatic rings. The molecule has 0 radical (unpaired) electrons. The number of hydrogen-bond donors (Lipinski definition) is 2. The Hall–Kier alpha value is -2.89. The number of hydrogen-bond acceptors (Lipinski definition) is 6. The Kier molecular flexibility index (Phi) is 2.60. The van der Waals surface area contributed by atoms with Gasteiger partial charge < -0.3 is 14.6 Å². The van der Waals surface area contributed by atoms with Gasteiger partial charge in [0.2, 0.25) is 12.3 Å². The molecule has 1 aromatic carbocycles. The van der Waals surface area contributed by atoms with Crippen LogP contribution in [-0.2, 0) is 0 Å². The predicted molar refractivity (Wildman–Crippen MR) is 66.3 cm³/mol. The first-order chi connectivity index (χ1) is 9.22. The maximum Gasteiger partial charge on any atom is 0.249 e. The van der Waals surface area contributed by atoms with Gasteiger partial charge in [0.05, 0.1) is 5.56 Å². The van der Waals surface area contributed by atoms with Crippen LogP contribution in [0.5, 0.6) is 11.5 Å². The number of pyridine rings is 1. The average Bonchev–Trinajstić information content (AvgIpc) is 2.92. The molecule has 6 nitrogen and oxygen atoms in total. The van der Waals surface area contributed by atoms with Crippen molar-refractivity contribution in [2.24, 2.45) is 0 Å². The van der Waals surface area contributed by atoms with Crippen LogP contribution in [0.3, 0.4) is 0 Å². The van der Waals surface area contributed by atoms with Crippen molar-refractivity contribution < 1.29 is 14.6 Å². The molecule has 0 spiro atoms. The Labute approximate surface area is 108 Å². The third-order valence-corrected chi connectivity index (χ3v) is 2.58. The van der Waals surface area contributed by atoms with Gasteiger partial charge in [-0.2, -0.15) is 0 Å². The molecule has 0 aliphatic carbocycles. The molecule has 2 heterocycles. The second-order valence-corrected chi connectivity index (χ2v) is 3.94. The zero-order valence-corrected chi connectivity index (χ0v) is 9.69. The third kappa shape index (κ3) is 2.23. The fourth-order valence-corrected chi connectivity index (χ4v) is 1.78. The summed E-state index contributed by atoms with van der Waals surface area (Å²) >= 11 is 0. The highest BCUT2D eigenvalue weighted by Crippen LogP contribution is 2.29. The number of aromatic nitrogens is 3. The first-order valence-electron chi connectivity index (χ1n) is 5.47. The Morgan fingerprint density at radius 2 is 1.58 bits per heavy atom. The van der Waals surface area contributed by atoms with E-state index < -0.39 is 0 Å². The quantitative estimate of drug-likeness (QED) is 0.729. The summed E-state index contributed by atoms with van der Waals surface area (Å²) < 4.78 is 5.10. The summed E-state index contributed by atoms with van der Waals surface area (Å²) in [5.74, 6) is 0.329. The molecular formula is C13H9N3O3. The van der Waals surface area contributed by atoms with E-state index in [2.05, 4.69) is 15.2 Å². The largest absolute Gasteiger partial charge is 0.508 e. The highest BCUT2D eigenvalue weighted by molar-refractivity contribution is 5.70. The van der Waals surface area contributed by atoms with Crippen LogP contribution in [0.15, 0.2) is 47.5 Å². The van der Waals surface area contributed by atoms with E-state index in [0.29, 0.717) is 17.0 Å². The lowest BCUT2D eigenvalue weighted by Crippen LogP contribution is -1.84. The lowest BCUT2D eigenvalue weighted by molar-refractivity contribution is 0.451. The van der Waals surface area contributed by atoms with Gasteiger partial charge in [-0.25, -0.2) is 0 Å². The minimum absolute atomic E-state index is 0.0156. The van der Waals surface area contributed by atoms with E-state index in [4.69, 9.17) is 4.42 Å². The number of benzene rings is 1. The molecule has 94 valence electrons. The summed E-state index contributed by atoms with van der Waals surface area (Å²) in [4.78, 5) is 4.09. The number of nitrogens with zero attached hydrogens (tertiary/aromatic N) is 3. The first kappa shape index (κ1) is 11.2. The molecular weight excluding hydrogens is 246 g/mol. The van der Waals surface area contributed by atoms with Gasteiger partial charge in [0, 0.05) is 24.0 Å². The van der Waals surface area contributed by atoms with Crippen LogP contribution in [-0.4, -0.2) is 25.4 Å². The van der Waals surface area contributed by atoms with Crippen molar-refractivity contribution in [3.63, 3.8) is 0 Å². The Bertz CT molecular complexity index is 691. The second-order valence-electron chi connectivity index (χ2n) is 3.94. The van der Waals surface area contributed by atoms with Gasteiger partial charge in [0.15, 0.2) is 0 Å². The van der Waals surface area contributed by atoms with Gasteiger partial charge in [-0.3, -0.25) is 4.98 Å². The van der Waals surface area contributed by atoms with Crippen molar-refractivity contribution in [1.29, 1.82) is 0 Å². The van der Waals surface area contributed by atoms with Crippen LogP contribution in [0.1, 0.15) is 0 Å². The summed E-state index contributed by atoms with van der Waals surface area (Å²) in [5.41, 5.74) is 2.03. The van der Waals surface area contributed by atoms with Crippen LogP contribution >= 0.6 is 0 Å². The van der Waals surface area contributed by atoms with Crippen LogP contribution in [0.2, 0.25) is 0 Å². The SMILES string of the molecule is Oc1cc(O)cc(-c2cncc(-c3nnco3)c2)c1. The molecule has 0 fully saturated rings. The van der Waals surface area contributed by atoms with Crippen LogP contribution in [0, 0.1) is 0 Å². The summed E-state index contributed by atoms with van der Waals surface area (Å²) in [6, 6.07) is 6.12. The molecule has 0 amide bonds. The molecule has 0 saturated carbocycles. The van der Waals surface area contributed by atoms with E-state index in [1.807, 2.05) is 0 Å². The zero-order valence-electron chi connectivity index (χ0n) is 9.69. The van der Waals surface area contributed by atoms with Gasteiger partial charge in [0.1, 0.15) is 11.5 Å². The van der Waals surface area contributed by atoms with E-state index in [-0.39, 0.29) is 11.5 Å². The Balaban J connectivity index is 2.08. The van der Waals surface area contributed by atoms with E-state index in [1.165, 1.54) is 24.6 Å². The number of aromatic hydroxyl groups is 2. The number of rotatable bonds is 2.